The lowest BCUT2D eigenvalue weighted by Gasteiger charge is -2.16. The number of hydrogen-bond donors (Lipinski definition) is 3. The minimum atomic E-state index is -0.951. The number of carbonyl (C=O) groups is 2. The number of carbonyl (C=O) groups excluding carboxylic acids is 1. The number of benzene rings is 2. The van der Waals surface area contributed by atoms with E-state index in [1.165, 1.54) is 0 Å². The van der Waals surface area contributed by atoms with Gasteiger partial charge in [0.2, 0.25) is 5.78 Å². The summed E-state index contributed by atoms with van der Waals surface area (Å²) in [4.78, 5) is 28.0. The predicted molar refractivity (Wildman–Crippen MR) is 106 cm³/mol. The molecule has 3 aromatic rings. The Labute approximate surface area is 162 Å². The van der Waals surface area contributed by atoms with E-state index in [1.807, 2.05) is 0 Å². The fourth-order valence-corrected chi connectivity index (χ4v) is 2.79. The number of nitrogens with one attached hydrogen (secondary N) is 1. The number of phenolic OH excluding ortho intramolecular Hbond substituents is 1. The van der Waals surface area contributed by atoms with Gasteiger partial charge in [-0.05, 0) is 66.9 Å². The molecule has 6 heteroatoms. The number of nitrogens with zero attached hydrogens (tertiary/aromatic N) is 1. The Morgan fingerprint density at radius 1 is 0.964 bits per heavy atom. The molecule has 3 N–H and O–H groups in total. The van der Waals surface area contributed by atoms with Crippen LogP contribution in [0.2, 0.25) is 0 Å². The summed E-state index contributed by atoms with van der Waals surface area (Å²) in [5.74, 6) is -0.960. The van der Waals surface area contributed by atoms with Gasteiger partial charge in [0.1, 0.15) is 17.5 Å². The van der Waals surface area contributed by atoms with Gasteiger partial charge >= 0.3 is 5.97 Å². The van der Waals surface area contributed by atoms with Crippen LogP contribution in [-0.2, 0) is 11.2 Å². The molecule has 0 amide bonds. The molecule has 0 aliphatic heterocycles. The van der Waals surface area contributed by atoms with Gasteiger partial charge in [0, 0.05) is 17.4 Å². The average molecular weight is 376 g/mol. The molecule has 142 valence electrons. The molecule has 0 saturated heterocycles. The van der Waals surface area contributed by atoms with Crippen molar-refractivity contribution in [3.8, 4) is 5.75 Å². The maximum Gasteiger partial charge on any atom is 0.326 e. The van der Waals surface area contributed by atoms with Crippen molar-refractivity contribution in [2.24, 2.45) is 0 Å². The van der Waals surface area contributed by atoms with Crippen molar-refractivity contribution in [2.75, 3.05) is 5.32 Å². The first-order chi connectivity index (χ1) is 13.5. The summed E-state index contributed by atoms with van der Waals surface area (Å²) < 4.78 is 0. The molecule has 0 aliphatic rings. The number of aromatic hydroxyl groups is 1. The highest BCUT2D eigenvalue weighted by Crippen LogP contribution is 2.17. The van der Waals surface area contributed by atoms with E-state index >= 15 is 0 Å². The molecule has 0 bridgehead atoms. The minimum Gasteiger partial charge on any atom is -0.508 e. The lowest BCUT2D eigenvalue weighted by Crippen LogP contribution is -2.29. The number of ketones is 1. The summed E-state index contributed by atoms with van der Waals surface area (Å²) in [6.45, 7) is 0. The van der Waals surface area contributed by atoms with Gasteiger partial charge in [-0.3, -0.25) is 9.78 Å². The lowest BCUT2D eigenvalue weighted by atomic mass is 10.0. The molecule has 28 heavy (non-hydrogen) atoms. The van der Waals surface area contributed by atoms with Crippen molar-refractivity contribution >= 4 is 17.4 Å². The van der Waals surface area contributed by atoms with Crippen molar-refractivity contribution in [2.45, 2.75) is 18.9 Å². The fourth-order valence-electron chi connectivity index (χ4n) is 2.79. The van der Waals surface area contributed by atoms with Crippen molar-refractivity contribution < 1.29 is 19.8 Å². The average Bonchev–Trinajstić information content (AvgIpc) is 2.72. The highest BCUT2D eigenvalue weighted by Gasteiger charge is 2.17. The number of aliphatic carboxylic acids is 1. The van der Waals surface area contributed by atoms with Crippen LogP contribution in [0.1, 0.15) is 28.0 Å². The first-order valence-corrected chi connectivity index (χ1v) is 8.86. The molecule has 6 nitrogen and oxygen atoms in total. The van der Waals surface area contributed by atoms with E-state index in [1.54, 1.807) is 72.9 Å². The number of phenols is 1. The second-order valence-electron chi connectivity index (χ2n) is 6.36. The van der Waals surface area contributed by atoms with Gasteiger partial charge < -0.3 is 15.5 Å². The van der Waals surface area contributed by atoms with Gasteiger partial charge in [0.15, 0.2) is 0 Å². The Bertz CT molecular complexity index is 939. The van der Waals surface area contributed by atoms with Gasteiger partial charge in [-0.25, -0.2) is 4.79 Å². The Hall–Kier alpha value is -3.67. The smallest absolute Gasteiger partial charge is 0.326 e. The number of hydrogen-bond acceptors (Lipinski definition) is 5. The van der Waals surface area contributed by atoms with E-state index in [2.05, 4.69) is 10.3 Å². The van der Waals surface area contributed by atoms with Crippen LogP contribution in [0.25, 0.3) is 0 Å². The third-order valence-electron chi connectivity index (χ3n) is 4.34. The van der Waals surface area contributed by atoms with Gasteiger partial charge in [-0.15, -0.1) is 0 Å². The summed E-state index contributed by atoms with van der Waals surface area (Å²) in [5, 5.41) is 21.8. The van der Waals surface area contributed by atoms with Crippen molar-refractivity contribution in [3.63, 3.8) is 0 Å². The molecular weight excluding hydrogens is 356 g/mol. The van der Waals surface area contributed by atoms with Crippen molar-refractivity contribution in [1.82, 2.24) is 4.98 Å². The van der Waals surface area contributed by atoms with Crippen LogP contribution in [-0.4, -0.2) is 33.0 Å². The van der Waals surface area contributed by atoms with Crippen LogP contribution in [0.4, 0.5) is 5.69 Å². The van der Waals surface area contributed by atoms with E-state index in [0.717, 1.165) is 5.56 Å². The van der Waals surface area contributed by atoms with E-state index in [-0.39, 0.29) is 11.5 Å². The van der Waals surface area contributed by atoms with Crippen molar-refractivity contribution in [3.05, 3.63) is 89.7 Å². The highest BCUT2D eigenvalue weighted by molar-refractivity contribution is 6.07. The molecule has 0 aliphatic carbocycles. The molecular formula is C22H20N2O4. The van der Waals surface area contributed by atoms with E-state index in [0.29, 0.717) is 29.8 Å². The van der Waals surface area contributed by atoms with Gasteiger partial charge in [0.25, 0.3) is 0 Å². The van der Waals surface area contributed by atoms with E-state index in [4.69, 9.17) is 0 Å². The Morgan fingerprint density at radius 2 is 1.68 bits per heavy atom. The maximum absolute atomic E-state index is 12.4. The summed E-state index contributed by atoms with van der Waals surface area (Å²) in [7, 11) is 0. The Kier molecular flexibility index (Phi) is 6.01. The lowest BCUT2D eigenvalue weighted by molar-refractivity contribution is -0.138. The van der Waals surface area contributed by atoms with Crippen molar-refractivity contribution in [1.29, 1.82) is 0 Å². The third-order valence-corrected chi connectivity index (χ3v) is 4.34. The molecule has 3 rings (SSSR count). The SMILES string of the molecule is O=C(c1ccc(NC(CCc2ccc(O)cc2)C(=O)O)cc1)c1ccccn1. The number of pyridine rings is 1. The zero-order valence-corrected chi connectivity index (χ0v) is 15.1. The van der Waals surface area contributed by atoms with Gasteiger partial charge in [-0.1, -0.05) is 18.2 Å². The second kappa shape index (κ2) is 8.81. The predicted octanol–water partition coefficient (Wildman–Crippen LogP) is 3.52. The summed E-state index contributed by atoms with van der Waals surface area (Å²) >= 11 is 0. The topological polar surface area (TPSA) is 99.5 Å². The molecule has 0 fully saturated rings. The van der Waals surface area contributed by atoms with Crippen LogP contribution < -0.4 is 5.32 Å². The molecule has 0 saturated carbocycles. The third kappa shape index (κ3) is 4.94. The zero-order valence-electron chi connectivity index (χ0n) is 15.1. The molecule has 0 radical (unpaired) electrons. The number of anilines is 1. The molecule has 1 unspecified atom stereocenters. The molecule has 0 spiro atoms. The van der Waals surface area contributed by atoms with Crippen LogP contribution in [0.5, 0.6) is 5.75 Å². The summed E-state index contributed by atoms with van der Waals surface area (Å²) in [6.07, 6.45) is 2.50. The summed E-state index contributed by atoms with van der Waals surface area (Å²) in [5.41, 5.74) is 2.42. The monoisotopic (exact) mass is 376 g/mol. The van der Waals surface area contributed by atoms with Crippen LogP contribution in [0.15, 0.2) is 72.9 Å². The Morgan fingerprint density at radius 3 is 2.29 bits per heavy atom. The van der Waals surface area contributed by atoms with Gasteiger partial charge in [-0.2, -0.15) is 0 Å². The Balaban J connectivity index is 1.64. The normalized spacial score (nSPS) is 11.6. The first kappa shape index (κ1) is 19.1. The second-order valence-corrected chi connectivity index (χ2v) is 6.36. The van der Waals surface area contributed by atoms with Crippen LogP contribution in [0, 0.1) is 0 Å². The van der Waals surface area contributed by atoms with Crippen LogP contribution >= 0.6 is 0 Å². The number of rotatable bonds is 8. The summed E-state index contributed by atoms with van der Waals surface area (Å²) in [6, 6.07) is 17.7. The largest absolute Gasteiger partial charge is 0.508 e. The van der Waals surface area contributed by atoms with Gasteiger partial charge in [0.05, 0.1) is 0 Å². The number of aromatic nitrogens is 1. The number of carboxylic acids is 1. The first-order valence-electron chi connectivity index (χ1n) is 8.86. The minimum absolute atomic E-state index is 0.178. The van der Waals surface area contributed by atoms with Crippen LogP contribution in [0.3, 0.4) is 0 Å². The molecule has 2 aromatic carbocycles. The molecule has 1 atom stereocenters. The number of aryl methyl sites for hydroxylation is 1. The highest BCUT2D eigenvalue weighted by atomic mass is 16.4. The molecule has 1 aromatic heterocycles. The maximum atomic E-state index is 12.4. The fraction of sp³-hybridized carbons (Fsp3) is 0.136. The van der Waals surface area contributed by atoms with E-state index in [9.17, 15) is 19.8 Å². The molecule has 1 heterocycles. The van der Waals surface area contributed by atoms with E-state index < -0.39 is 12.0 Å². The standard InChI is InChI=1S/C22H20N2O4/c25-18-11-4-15(5-12-18)6-13-20(22(27)28)24-17-9-7-16(8-10-17)21(26)19-3-1-2-14-23-19/h1-5,7-12,14,20,24-25H,6,13H2,(H,27,28). The number of carboxylic acid groups (broad SMARTS) is 1. The zero-order chi connectivity index (χ0) is 19.9. The quantitative estimate of drug-likeness (QED) is 0.520.